The molecule has 0 rings (SSSR count). The highest BCUT2D eigenvalue weighted by Gasteiger charge is 2.28. The summed E-state index contributed by atoms with van der Waals surface area (Å²) in [6.45, 7) is 2.81. The number of esters is 2. The van der Waals surface area contributed by atoms with Crippen LogP contribution in [0.2, 0.25) is 0 Å². The number of hydrogen-bond acceptors (Lipinski definition) is 9. The lowest BCUT2D eigenvalue weighted by Gasteiger charge is -2.20. The predicted molar refractivity (Wildman–Crippen MR) is 259 cm³/mol. The third-order valence-electron chi connectivity index (χ3n) is 11.5. The van der Waals surface area contributed by atoms with Gasteiger partial charge < -0.3 is 25.2 Å². The van der Waals surface area contributed by atoms with Gasteiger partial charge in [0.25, 0.3) is 0 Å². The summed E-state index contributed by atoms with van der Waals surface area (Å²) in [7, 11) is -4.73. The van der Waals surface area contributed by atoms with E-state index in [1.165, 1.54) is 173 Å². The van der Waals surface area contributed by atoms with E-state index in [-0.39, 0.29) is 19.4 Å². The first-order chi connectivity index (χ1) is 30.6. The van der Waals surface area contributed by atoms with Gasteiger partial charge in [0.05, 0.1) is 13.2 Å². The topological polar surface area (TPSA) is 172 Å². The summed E-state index contributed by atoms with van der Waals surface area (Å²) < 4.78 is 32.8. The maximum Gasteiger partial charge on any atom is 0.472 e. The van der Waals surface area contributed by atoms with Gasteiger partial charge in [-0.2, -0.15) is 0 Å². The molecule has 0 saturated carbocycles. The Morgan fingerprint density at radius 1 is 0.492 bits per heavy atom. The van der Waals surface area contributed by atoms with Gasteiger partial charge in [0, 0.05) is 12.8 Å². The lowest BCUT2D eigenvalue weighted by atomic mass is 10.0. The number of rotatable bonds is 49. The molecular formula is C51H96NO10P. The van der Waals surface area contributed by atoms with Crippen molar-refractivity contribution in [2.24, 2.45) is 5.73 Å². The second kappa shape index (κ2) is 46.5. The normalized spacial score (nSPS) is 13.7. The second-order valence-corrected chi connectivity index (χ2v) is 19.1. The van der Waals surface area contributed by atoms with Crippen LogP contribution in [0.5, 0.6) is 0 Å². The van der Waals surface area contributed by atoms with Crippen LogP contribution in [-0.4, -0.2) is 59.9 Å². The van der Waals surface area contributed by atoms with E-state index in [1.807, 2.05) is 6.08 Å². The van der Waals surface area contributed by atoms with Crippen molar-refractivity contribution in [2.75, 3.05) is 19.8 Å². The van der Waals surface area contributed by atoms with Crippen molar-refractivity contribution in [3.05, 3.63) is 24.3 Å². The Labute approximate surface area is 385 Å². The third kappa shape index (κ3) is 46.3. The fraction of sp³-hybridized carbons (Fsp3) is 0.863. The summed E-state index contributed by atoms with van der Waals surface area (Å²) in [5, 5.41) is 8.92. The number of allylic oxidation sites excluding steroid dienone is 4. The number of phosphoric ester groups is 1. The van der Waals surface area contributed by atoms with Crippen LogP contribution in [0, 0.1) is 0 Å². The molecule has 0 amide bonds. The van der Waals surface area contributed by atoms with Crippen LogP contribution in [0.25, 0.3) is 0 Å². The Kier molecular flexibility index (Phi) is 45.0. The zero-order valence-corrected chi connectivity index (χ0v) is 41.3. The zero-order valence-electron chi connectivity index (χ0n) is 40.4. The molecule has 0 heterocycles. The number of carboxylic acids is 1. The summed E-state index contributed by atoms with van der Waals surface area (Å²) in [5.74, 6) is -2.42. The van der Waals surface area contributed by atoms with Crippen molar-refractivity contribution < 1.29 is 47.5 Å². The average Bonchev–Trinajstić information content (AvgIpc) is 3.26. The van der Waals surface area contributed by atoms with Gasteiger partial charge in [0.15, 0.2) is 6.10 Å². The molecule has 0 radical (unpaired) electrons. The van der Waals surface area contributed by atoms with E-state index < -0.39 is 51.1 Å². The minimum Gasteiger partial charge on any atom is -0.480 e. The average molecular weight is 914 g/mol. The molecule has 63 heavy (non-hydrogen) atoms. The molecule has 0 bridgehead atoms. The van der Waals surface area contributed by atoms with Gasteiger partial charge in [-0.15, -0.1) is 0 Å². The predicted octanol–water partition coefficient (Wildman–Crippen LogP) is 14.6. The maximum absolute atomic E-state index is 12.7. The summed E-state index contributed by atoms with van der Waals surface area (Å²) in [6, 6.07) is -1.52. The first-order valence-electron chi connectivity index (χ1n) is 25.9. The number of carbonyl (C=O) groups excluding carboxylic acids is 2. The molecule has 0 aliphatic carbocycles. The van der Waals surface area contributed by atoms with Gasteiger partial charge in [0.2, 0.25) is 0 Å². The van der Waals surface area contributed by atoms with E-state index in [1.54, 1.807) is 0 Å². The standard InChI is InChI=1S/C51H96NO10P/c1-3-5-7-9-11-13-15-17-19-21-22-23-24-25-27-29-31-33-35-37-39-41-43-50(54)62-47(45-60-63(57,58)61-46-48(52)51(55)56)44-59-49(53)42-40-38-36-34-32-30-28-26-20-18-16-14-12-10-8-6-4-2/h28,30,34,36,47-48H,3-27,29,31-33,35,37-46,52H2,1-2H3,(H,55,56)(H,57,58)/b30-28+,36-34+/t47-,48+/m1/s1. The minimum atomic E-state index is -4.73. The highest BCUT2D eigenvalue weighted by molar-refractivity contribution is 7.47. The molecule has 0 aliphatic rings. The summed E-state index contributed by atoms with van der Waals surface area (Å²) in [6.07, 6.45) is 51.1. The number of carbonyl (C=O) groups is 3. The monoisotopic (exact) mass is 914 g/mol. The van der Waals surface area contributed by atoms with Crippen molar-refractivity contribution in [2.45, 2.75) is 264 Å². The minimum absolute atomic E-state index is 0.158. The molecule has 3 atom stereocenters. The Morgan fingerprint density at radius 3 is 1.29 bits per heavy atom. The quantitative estimate of drug-likeness (QED) is 0.0230. The number of carboxylic acid groups (broad SMARTS) is 1. The first-order valence-corrected chi connectivity index (χ1v) is 27.4. The fourth-order valence-corrected chi connectivity index (χ4v) is 8.18. The summed E-state index contributed by atoms with van der Waals surface area (Å²) in [5.41, 5.74) is 5.35. The number of aliphatic carboxylic acids is 1. The van der Waals surface area contributed by atoms with Gasteiger partial charge in [-0.3, -0.25) is 23.4 Å². The molecular weight excluding hydrogens is 818 g/mol. The van der Waals surface area contributed by atoms with E-state index >= 15 is 0 Å². The molecule has 0 aromatic rings. The molecule has 0 aromatic carbocycles. The highest BCUT2D eigenvalue weighted by Crippen LogP contribution is 2.43. The number of ether oxygens (including phenoxy) is 2. The van der Waals surface area contributed by atoms with Crippen LogP contribution in [0.1, 0.15) is 251 Å². The smallest absolute Gasteiger partial charge is 0.472 e. The van der Waals surface area contributed by atoms with E-state index in [0.29, 0.717) is 19.3 Å². The van der Waals surface area contributed by atoms with E-state index in [4.69, 9.17) is 24.8 Å². The van der Waals surface area contributed by atoms with Gasteiger partial charge >= 0.3 is 25.7 Å². The molecule has 4 N–H and O–H groups in total. The molecule has 0 spiro atoms. The van der Waals surface area contributed by atoms with Crippen molar-refractivity contribution in [3.63, 3.8) is 0 Å². The Bertz CT molecular complexity index is 1160. The fourth-order valence-electron chi connectivity index (χ4n) is 7.40. The van der Waals surface area contributed by atoms with Crippen LogP contribution in [0.3, 0.4) is 0 Å². The second-order valence-electron chi connectivity index (χ2n) is 17.7. The van der Waals surface area contributed by atoms with Crippen LogP contribution in [0.15, 0.2) is 24.3 Å². The van der Waals surface area contributed by atoms with Crippen LogP contribution in [-0.2, 0) is 37.5 Å². The molecule has 0 aliphatic heterocycles. The lowest BCUT2D eigenvalue weighted by molar-refractivity contribution is -0.161. The highest BCUT2D eigenvalue weighted by atomic mass is 31.2. The molecule has 12 heteroatoms. The van der Waals surface area contributed by atoms with Gasteiger partial charge in [-0.05, 0) is 38.5 Å². The Balaban J connectivity index is 4.25. The van der Waals surface area contributed by atoms with Crippen molar-refractivity contribution in [1.29, 1.82) is 0 Å². The van der Waals surface area contributed by atoms with Crippen molar-refractivity contribution in [1.82, 2.24) is 0 Å². The summed E-state index contributed by atoms with van der Waals surface area (Å²) in [4.78, 5) is 46.1. The molecule has 11 nitrogen and oxygen atoms in total. The molecule has 1 unspecified atom stereocenters. The lowest BCUT2D eigenvalue weighted by Crippen LogP contribution is -2.34. The number of nitrogens with two attached hydrogens (primary N) is 1. The molecule has 0 fully saturated rings. The largest absolute Gasteiger partial charge is 0.480 e. The molecule has 0 aromatic heterocycles. The van der Waals surface area contributed by atoms with Crippen LogP contribution >= 0.6 is 7.82 Å². The molecule has 370 valence electrons. The number of unbranched alkanes of at least 4 members (excludes halogenated alkanes) is 31. The number of phosphoric acid groups is 1. The van der Waals surface area contributed by atoms with Crippen LogP contribution < -0.4 is 5.73 Å². The van der Waals surface area contributed by atoms with Gasteiger partial charge in [0.1, 0.15) is 12.6 Å². The third-order valence-corrected chi connectivity index (χ3v) is 12.4. The number of hydrogen-bond donors (Lipinski definition) is 3. The van der Waals surface area contributed by atoms with Crippen molar-refractivity contribution in [3.8, 4) is 0 Å². The molecule has 0 saturated heterocycles. The van der Waals surface area contributed by atoms with Gasteiger partial charge in [-0.1, -0.05) is 224 Å². The summed E-state index contributed by atoms with van der Waals surface area (Å²) >= 11 is 0. The van der Waals surface area contributed by atoms with E-state index in [9.17, 15) is 23.8 Å². The zero-order chi connectivity index (χ0) is 46.3. The maximum atomic E-state index is 12.7. The van der Waals surface area contributed by atoms with E-state index in [0.717, 1.165) is 32.1 Å². The van der Waals surface area contributed by atoms with Crippen LogP contribution in [0.4, 0.5) is 0 Å². The Hall–Kier alpha value is -2.04. The SMILES string of the molecule is CCCCCCCCCCC/C=C/C/C=C/CCCC(=O)OC[C@H](COP(=O)(O)OC[C@H](N)C(=O)O)OC(=O)CCCCCCCCCCCCCCCCCCCCCCCC. The van der Waals surface area contributed by atoms with E-state index in [2.05, 4.69) is 36.6 Å². The van der Waals surface area contributed by atoms with Gasteiger partial charge in [-0.25, -0.2) is 4.57 Å². The van der Waals surface area contributed by atoms with Crippen molar-refractivity contribution >= 4 is 25.7 Å². The Morgan fingerprint density at radius 2 is 0.857 bits per heavy atom. The first kappa shape index (κ1) is 61.0.